The summed E-state index contributed by atoms with van der Waals surface area (Å²) in [6.45, 7) is 0.258. The zero-order chi connectivity index (χ0) is 14.1. The van der Waals surface area contributed by atoms with Crippen molar-refractivity contribution in [1.82, 2.24) is 0 Å². The van der Waals surface area contributed by atoms with Crippen molar-refractivity contribution in [3.63, 3.8) is 0 Å². The van der Waals surface area contributed by atoms with Gasteiger partial charge in [0.25, 0.3) is 0 Å². The second kappa shape index (κ2) is 5.26. The van der Waals surface area contributed by atoms with E-state index in [1.165, 1.54) is 22.4 Å². The van der Waals surface area contributed by atoms with Crippen LogP contribution < -0.4 is 10.3 Å². The van der Waals surface area contributed by atoms with E-state index in [0.29, 0.717) is 0 Å². The molecule has 1 aromatic heterocycles. The van der Waals surface area contributed by atoms with Crippen LogP contribution in [0.5, 0.6) is 0 Å². The van der Waals surface area contributed by atoms with Crippen LogP contribution >= 0.6 is 11.3 Å². The Balaban J connectivity index is 1.89. The molecule has 0 atom stereocenters. The molecule has 0 saturated heterocycles. The molecule has 0 N–H and O–H groups in total. The Morgan fingerprint density at radius 2 is 1.67 bits per heavy atom. The highest BCUT2D eigenvalue weighted by atomic mass is 32.1. The molecule has 4 rings (SSSR count). The smallest absolute Gasteiger partial charge is 0.321 e. The van der Waals surface area contributed by atoms with Crippen LogP contribution in [0.25, 0.3) is 6.08 Å². The minimum absolute atomic E-state index is 0.258. The van der Waals surface area contributed by atoms with E-state index in [0.717, 1.165) is 0 Å². The highest BCUT2D eigenvalue weighted by Crippen LogP contribution is 2.33. The number of para-hydroxylation sites is 2. The molecule has 0 fully saturated rings. The average Bonchev–Trinajstić information content (AvgIpc) is 3.09. The zero-order valence-corrected chi connectivity index (χ0v) is 12.3. The number of hydrogen-bond donors (Lipinski definition) is 0. The molecule has 0 bridgehead atoms. The van der Waals surface area contributed by atoms with Crippen LogP contribution in [0.3, 0.4) is 0 Å². The fraction of sp³-hybridized carbons (Fsp3) is 0. The molecule has 1 aliphatic heterocycles. The molecule has 1 aliphatic rings. The summed E-state index contributed by atoms with van der Waals surface area (Å²) in [6.07, 6.45) is 2.23. The lowest BCUT2D eigenvalue weighted by atomic mass is 9.53. The second-order valence-corrected chi connectivity index (χ2v) is 5.91. The number of anilines is 2. The van der Waals surface area contributed by atoms with E-state index in [1.807, 2.05) is 0 Å². The molecule has 0 unspecified atom stereocenters. The van der Waals surface area contributed by atoms with Gasteiger partial charge in [0.1, 0.15) is 0 Å². The highest BCUT2D eigenvalue weighted by Gasteiger charge is 2.29. The lowest BCUT2D eigenvalue weighted by Gasteiger charge is -2.34. The summed E-state index contributed by atoms with van der Waals surface area (Å²) in [5.74, 6) is 2.29. The standard InChI is InChI=1S/C18H14BNS/c1-2-7-17(8-3-1)20-18-9-5-4-6-15(18)10-12-19(20)16-11-13-21-14-16/h1-14H. The number of benzene rings is 2. The van der Waals surface area contributed by atoms with Crippen molar-refractivity contribution in [2.24, 2.45) is 0 Å². The molecule has 0 radical (unpaired) electrons. The largest absolute Gasteiger partial charge is 0.377 e. The molecule has 1 nitrogen and oxygen atoms in total. The van der Waals surface area contributed by atoms with Crippen molar-refractivity contribution in [2.45, 2.75) is 0 Å². The molecule has 2 aromatic carbocycles. The second-order valence-electron chi connectivity index (χ2n) is 5.13. The molecule has 0 aliphatic carbocycles. The predicted molar refractivity (Wildman–Crippen MR) is 93.8 cm³/mol. The summed E-state index contributed by atoms with van der Waals surface area (Å²) >= 11 is 1.75. The third kappa shape index (κ3) is 2.20. The van der Waals surface area contributed by atoms with Gasteiger partial charge in [-0.1, -0.05) is 54.5 Å². The summed E-state index contributed by atoms with van der Waals surface area (Å²) < 4.78 is 0. The predicted octanol–water partition coefficient (Wildman–Crippen LogP) is 4.35. The number of thiophene rings is 1. The summed E-state index contributed by atoms with van der Waals surface area (Å²) in [6, 6.07) is 21.4. The summed E-state index contributed by atoms with van der Waals surface area (Å²) in [5, 5.41) is 4.38. The molecule has 0 amide bonds. The Labute approximate surface area is 129 Å². The van der Waals surface area contributed by atoms with E-state index < -0.39 is 0 Å². The van der Waals surface area contributed by atoms with Crippen LogP contribution in [0.15, 0.2) is 77.4 Å². The summed E-state index contributed by atoms with van der Waals surface area (Å²) in [7, 11) is 0. The Kier molecular flexibility index (Phi) is 3.13. The number of nitrogens with zero attached hydrogens (tertiary/aromatic N) is 1. The van der Waals surface area contributed by atoms with Crippen LogP contribution in [-0.2, 0) is 0 Å². The van der Waals surface area contributed by atoms with Gasteiger partial charge in [0.05, 0.1) is 0 Å². The van der Waals surface area contributed by atoms with Crippen molar-refractivity contribution >= 4 is 41.1 Å². The minimum Gasteiger partial charge on any atom is -0.377 e. The van der Waals surface area contributed by atoms with Crippen molar-refractivity contribution in [3.05, 3.63) is 83.0 Å². The van der Waals surface area contributed by atoms with Crippen LogP contribution in [0.1, 0.15) is 5.56 Å². The normalized spacial score (nSPS) is 13.3. The van der Waals surface area contributed by atoms with Crippen molar-refractivity contribution in [2.75, 3.05) is 4.81 Å². The molecule has 3 aromatic rings. The first-order valence-corrected chi connectivity index (χ1v) is 8.01. The third-order valence-corrected chi connectivity index (χ3v) is 4.55. The van der Waals surface area contributed by atoms with Crippen molar-refractivity contribution < 1.29 is 0 Å². The SMILES string of the molecule is C1=Cc2ccccc2N(c2ccccc2)B1c1ccsc1. The highest BCUT2D eigenvalue weighted by molar-refractivity contribution is 7.09. The molecular weight excluding hydrogens is 273 g/mol. The molecule has 21 heavy (non-hydrogen) atoms. The first-order valence-electron chi connectivity index (χ1n) is 7.07. The maximum atomic E-state index is 2.41. The topological polar surface area (TPSA) is 3.24 Å². The van der Waals surface area contributed by atoms with Crippen molar-refractivity contribution in [3.8, 4) is 0 Å². The van der Waals surface area contributed by atoms with Gasteiger partial charge in [0, 0.05) is 11.4 Å². The zero-order valence-electron chi connectivity index (χ0n) is 11.5. The molecule has 3 heteroatoms. The van der Waals surface area contributed by atoms with E-state index in [9.17, 15) is 0 Å². The first-order chi connectivity index (χ1) is 10.4. The van der Waals surface area contributed by atoms with Gasteiger partial charge in [0.15, 0.2) is 0 Å². The maximum Gasteiger partial charge on any atom is 0.321 e. The molecule has 0 saturated carbocycles. The van der Waals surface area contributed by atoms with Crippen molar-refractivity contribution in [1.29, 1.82) is 0 Å². The van der Waals surface area contributed by atoms with Gasteiger partial charge in [-0.15, -0.1) is 0 Å². The Morgan fingerprint density at radius 3 is 2.48 bits per heavy atom. The van der Waals surface area contributed by atoms with Crippen LogP contribution in [0, 0.1) is 0 Å². The van der Waals surface area contributed by atoms with Gasteiger partial charge in [-0.05, 0) is 40.0 Å². The molecule has 2 heterocycles. The summed E-state index contributed by atoms with van der Waals surface area (Å²) in [5.41, 5.74) is 5.11. The van der Waals surface area contributed by atoms with E-state index in [-0.39, 0.29) is 6.85 Å². The van der Waals surface area contributed by atoms with Crippen LogP contribution in [-0.4, -0.2) is 6.85 Å². The van der Waals surface area contributed by atoms with Gasteiger partial charge < -0.3 is 4.81 Å². The van der Waals surface area contributed by atoms with E-state index in [1.54, 1.807) is 11.3 Å². The quantitative estimate of drug-likeness (QED) is 0.633. The van der Waals surface area contributed by atoms with E-state index in [4.69, 9.17) is 0 Å². The van der Waals surface area contributed by atoms with Gasteiger partial charge in [0.2, 0.25) is 0 Å². The molecular formula is C18H14BNS. The monoisotopic (exact) mass is 287 g/mol. The van der Waals surface area contributed by atoms with Crippen LogP contribution in [0.2, 0.25) is 0 Å². The van der Waals surface area contributed by atoms with Gasteiger partial charge in [-0.25, -0.2) is 0 Å². The number of hydrogen-bond acceptors (Lipinski definition) is 2. The Morgan fingerprint density at radius 1 is 0.857 bits per heavy atom. The maximum absolute atomic E-state index is 2.41. The Hall–Kier alpha value is -2.26. The molecule has 0 spiro atoms. The lowest BCUT2D eigenvalue weighted by molar-refractivity contribution is 1.36. The van der Waals surface area contributed by atoms with E-state index >= 15 is 0 Å². The van der Waals surface area contributed by atoms with E-state index in [2.05, 4.69) is 88.3 Å². The average molecular weight is 287 g/mol. The number of fused-ring (bicyclic) bond motifs is 1. The minimum atomic E-state index is 0.258. The molecule has 100 valence electrons. The van der Waals surface area contributed by atoms with Crippen LogP contribution in [0.4, 0.5) is 11.4 Å². The number of rotatable bonds is 2. The first kappa shape index (κ1) is 12.5. The van der Waals surface area contributed by atoms with Gasteiger partial charge >= 0.3 is 6.85 Å². The summed E-state index contributed by atoms with van der Waals surface area (Å²) in [4.78, 5) is 2.41. The Bertz CT molecular complexity index is 765. The van der Waals surface area contributed by atoms with Gasteiger partial charge in [-0.3, -0.25) is 0 Å². The fourth-order valence-electron chi connectivity index (χ4n) is 2.87. The fourth-order valence-corrected chi connectivity index (χ4v) is 3.56. The lowest BCUT2D eigenvalue weighted by Crippen LogP contribution is -2.45. The van der Waals surface area contributed by atoms with Gasteiger partial charge in [-0.2, -0.15) is 11.3 Å². The third-order valence-electron chi connectivity index (χ3n) is 3.85.